The van der Waals surface area contributed by atoms with Gasteiger partial charge in [0.2, 0.25) is 0 Å². The maximum Gasteiger partial charge on any atom is 0.0345 e. The molecular formula is C13H25NS. The topological polar surface area (TPSA) is 26.0 Å². The van der Waals surface area contributed by atoms with Crippen LogP contribution >= 0.6 is 11.8 Å². The highest BCUT2D eigenvalue weighted by Crippen LogP contribution is 2.20. The molecule has 0 saturated carbocycles. The second kappa shape index (κ2) is 8.23. The van der Waals surface area contributed by atoms with Gasteiger partial charge in [0, 0.05) is 11.8 Å². The van der Waals surface area contributed by atoms with Crippen LogP contribution in [-0.4, -0.2) is 17.5 Å². The molecule has 0 bridgehead atoms. The van der Waals surface area contributed by atoms with Crippen LogP contribution in [0.5, 0.6) is 0 Å². The van der Waals surface area contributed by atoms with Crippen molar-refractivity contribution < 1.29 is 0 Å². The summed E-state index contributed by atoms with van der Waals surface area (Å²) in [5, 5.41) is 0. The lowest BCUT2D eigenvalue weighted by Gasteiger charge is -2.18. The molecule has 1 aliphatic rings. The maximum absolute atomic E-state index is 6.22. The number of allylic oxidation sites excluding steroid dienone is 1. The first-order chi connectivity index (χ1) is 7.34. The fourth-order valence-electron chi connectivity index (χ4n) is 2.01. The van der Waals surface area contributed by atoms with E-state index in [-0.39, 0.29) is 0 Å². The fourth-order valence-corrected chi connectivity index (χ4v) is 2.94. The van der Waals surface area contributed by atoms with Crippen molar-refractivity contribution in [3.8, 4) is 0 Å². The van der Waals surface area contributed by atoms with E-state index in [1.165, 1.54) is 56.3 Å². The minimum Gasteiger partial charge on any atom is -0.324 e. The molecule has 0 aromatic rings. The lowest BCUT2D eigenvalue weighted by atomic mass is 9.96. The Labute approximate surface area is 98.9 Å². The van der Waals surface area contributed by atoms with Gasteiger partial charge in [-0.1, -0.05) is 31.4 Å². The summed E-state index contributed by atoms with van der Waals surface area (Å²) in [6.45, 7) is 2.23. The molecule has 0 radical (unpaired) electrons. The van der Waals surface area contributed by atoms with Gasteiger partial charge in [0.1, 0.15) is 0 Å². The van der Waals surface area contributed by atoms with Crippen molar-refractivity contribution in [3.63, 3.8) is 0 Å². The molecule has 1 rings (SSSR count). The molecule has 0 aliphatic heterocycles. The standard InChI is InChI=1S/C13H25NS/c1-2-10-15-11-13(14)12-8-6-4-3-5-7-9-12/h8,13H,2-7,9-11,14H2,1H3. The zero-order valence-corrected chi connectivity index (χ0v) is 10.8. The Hall–Kier alpha value is 0.0500. The Morgan fingerprint density at radius 2 is 2.13 bits per heavy atom. The summed E-state index contributed by atoms with van der Waals surface area (Å²) < 4.78 is 0. The van der Waals surface area contributed by atoms with E-state index in [9.17, 15) is 0 Å². The monoisotopic (exact) mass is 227 g/mol. The van der Waals surface area contributed by atoms with E-state index in [1.54, 1.807) is 0 Å². The van der Waals surface area contributed by atoms with Crippen LogP contribution in [0.4, 0.5) is 0 Å². The van der Waals surface area contributed by atoms with Gasteiger partial charge in [0.25, 0.3) is 0 Å². The quantitative estimate of drug-likeness (QED) is 0.572. The van der Waals surface area contributed by atoms with Crippen molar-refractivity contribution in [3.05, 3.63) is 11.6 Å². The van der Waals surface area contributed by atoms with Crippen LogP contribution in [0, 0.1) is 0 Å². The van der Waals surface area contributed by atoms with Crippen LogP contribution in [0.1, 0.15) is 51.9 Å². The highest BCUT2D eigenvalue weighted by Gasteiger charge is 2.10. The fraction of sp³-hybridized carbons (Fsp3) is 0.846. The predicted octanol–water partition coefficient (Wildman–Crippen LogP) is 3.74. The second-order valence-electron chi connectivity index (χ2n) is 4.41. The summed E-state index contributed by atoms with van der Waals surface area (Å²) in [6.07, 6.45) is 11.7. The first kappa shape index (κ1) is 13.1. The van der Waals surface area contributed by atoms with E-state index in [0.717, 1.165) is 5.75 Å². The zero-order valence-electron chi connectivity index (χ0n) is 10.0. The number of thioether (sulfide) groups is 1. The summed E-state index contributed by atoms with van der Waals surface area (Å²) >= 11 is 2.00. The van der Waals surface area contributed by atoms with Crippen molar-refractivity contribution in [1.82, 2.24) is 0 Å². The van der Waals surface area contributed by atoms with E-state index in [2.05, 4.69) is 13.0 Å². The van der Waals surface area contributed by atoms with Gasteiger partial charge in [0.05, 0.1) is 0 Å². The third-order valence-electron chi connectivity index (χ3n) is 2.95. The van der Waals surface area contributed by atoms with E-state index < -0.39 is 0 Å². The molecule has 15 heavy (non-hydrogen) atoms. The van der Waals surface area contributed by atoms with Gasteiger partial charge in [-0.05, 0) is 37.9 Å². The van der Waals surface area contributed by atoms with Gasteiger partial charge in [-0.25, -0.2) is 0 Å². The third kappa shape index (κ3) is 5.62. The van der Waals surface area contributed by atoms with E-state index >= 15 is 0 Å². The first-order valence-electron chi connectivity index (χ1n) is 6.37. The Bertz CT molecular complexity index is 189. The van der Waals surface area contributed by atoms with Crippen molar-refractivity contribution in [1.29, 1.82) is 0 Å². The SMILES string of the molecule is CCCSCC(N)C1=CCCCCCC1. The maximum atomic E-state index is 6.22. The molecule has 1 aliphatic carbocycles. The molecule has 0 spiro atoms. The first-order valence-corrected chi connectivity index (χ1v) is 7.52. The Balaban J connectivity index is 2.30. The molecule has 1 atom stereocenters. The normalized spacial score (nSPS) is 20.3. The number of hydrogen-bond acceptors (Lipinski definition) is 2. The molecule has 1 unspecified atom stereocenters. The summed E-state index contributed by atoms with van der Waals surface area (Å²) in [5.74, 6) is 2.36. The minimum atomic E-state index is 0.319. The molecule has 1 nitrogen and oxygen atoms in total. The van der Waals surface area contributed by atoms with Gasteiger partial charge < -0.3 is 5.73 Å². The molecule has 0 fully saturated rings. The number of hydrogen-bond donors (Lipinski definition) is 1. The van der Waals surface area contributed by atoms with Crippen LogP contribution in [-0.2, 0) is 0 Å². The summed E-state index contributed by atoms with van der Waals surface area (Å²) in [4.78, 5) is 0. The minimum absolute atomic E-state index is 0.319. The van der Waals surface area contributed by atoms with Crippen molar-refractivity contribution in [2.24, 2.45) is 5.73 Å². The molecular weight excluding hydrogens is 202 g/mol. The molecule has 0 aromatic heterocycles. The van der Waals surface area contributed by atoms with Crippen LogP contribution in [0.2, 0.25) is 0 Å². The molecule has 88 valence electrons. The predicted molar refractivity (Wildman–Crippen MR) is 71.4 cm³/mol. The molecule has 2 N–H and O–H groups in total. The summed E-state index contributed by atoms with van der Waals surface area (Å²) in [7, 11) is 0. The highest BCUT2D eigenvalue weighted by molar-refractivity contribution is 7.99. The number of nitrogens with two attached hydrogens (primary N) is 1. The Morgan fingerprint density at radius 3 is 2.93 bits per heavy atom. The van der Waals surface area contributed by atoms with Gasteiger partial charge in [-0.3, -0.25) is 0 Å². The molecule has 0 heterocycles. The van der Waals surface area contributed by atoms with Gasteiger partial charge >= 0.3 is 0 Å². The van der Waals surface area contributed by atoms with Crippen molar-refractivity contribution in [2.45, 2.75) is 57.9 Å². The molecule has 0 amide bonds. The molecule has 2 heteroatoms. The molecule has 0 saturated heterocycles. The van der Waals surface area contributed by atoms with E-state index in [1.807, 2.05) is 11.8 Å². The van der Waals surface area contributed by atoms with E-state index in [4.69, 9.17) is 5.73 Å². The Morgan fingerprint density at radius 1 is 1.33 bits per heavy atom. The summed E-state index contributed by atoms with van der Waals surface area (Å²) in [6, 6.07) is 0.319. The number of rotatable bonds is 5. The average molecular weight is 227 g/mol. The van der Waals surface area contributed by atoms with Crippen LogP contribution < -0.4 is 5.73 Å². The second-order valence-corrected chi connectivity index (χ2v) is 5.56. The van der Waals surface area contributed by atoms with Gasteiger partial charge in [-0.15, -0.1) is 0 Å². The smallest absolute Gasteiger partial charge is 0.0345 e. The van der Waals surface area contributed by atoms with Crippen LogP contribution in [0.25, 0.3) is 0 Å². The summed E-state index contributed by atoms with van der Waals surface area (Å²) in [5.41, 5.74) is 7.75. The Kier molecular flexibility index (Phi) is 7.20. The molecule has 0 aromatic carbocycles. The average Bonchev–Trinajstić information content (AvgIpc) is 2.17. The van der Waals surface area contributed by atoms with Crippen molar-refractivity contribution >= 4 is 11.8 Å². The lowest BCUT2D eigenvalue weighted by Crippen LogP contribution is -2.26. The largest absolute Gasteiger partial charge is 0.324 e. The zero-order chi connectivity index (χ0) is 10.9. The van der Waals surface area contributed by atoms with Crippen LogP contribution in [0.15, 0.2) is 11.6 Å². The van der Waals surface area contributed by atoms with Crippen molar-refractivity contribution in [2.75, 3.05) is 11.5 Å². The van der Waals surface area contributed by atoms with Gasteiger partial charge in [-0.2, -0.15) is 11.8 Å². The van der Waals surface area contributed by atoms with Crippen LogP contribution in [0.3, 0.4) is 0 Å². The van der Waals surface area contributed by atoms with Gasteiger partial charge in [0.15, 0.2) is 0 Å². The lowest BCUT2D eigenvalue weighted by molar-refractivity contribution is 0.606. The third-order valence-corrected chi connectivity index (χ3v) is 4.24. The van der Waals surface area contributed by atoms with E-state index in [0.29, 0.717) is 6.04 Å². The highest BCUT2D eigenvalue weighted by atomic mass is 32.2.